The van der Waals surface area contributed by atoms with E-state index in [1.54, 1.807) is 7.11 Å². The highest BCUT2D eigenvalue weighted by atomic mass is 16.5. The van der Waals surface area contributed by atoms with Crippen molar-refractivity contribution in [2.75, 3.05) is 13.7 Å². The van der Waals surface area contributed by atoms with Gasteiger partial charge in [-0.2, -0.15) is 0 Å². The molecule has 2 nitrogen and oxygen atoms in total. The summed E-state index contributed by atoms with van der Waals surface area (Å²) < 4.78 is 10.7. The second-order valence-corrected chi connectivity index (χ2v) is 2.98. The molecule has 0 saturated carbocycles. The van der Waals surface area contributed by atoms with Crippen molar-refractivity contribution in [2.45, 2.75) is 12.5 Å². The van der Waals surface area contributed by atoms with Gasteiger partial charge >= 0.3 is 0 Å². The van der Waals surface area contributed by atoms with E-state index in [1.807, 2.05) is 18.2 Å². The molecule has 1 atom stereocenters. The maximum atomic E-state index is 5.50. The summed E-state index contributed by atoms with van der Waals surface area (Å²) in [6.07, 6.45) is 1.19. The Balaban J connectivity index is 2.23. The van der Waals surface area contributed by atoms with Gasteiger partial charge in [0.15, 0.2) is 0 Å². The summed E-state index contributed by atoms with van der Waals surface area (Å²) in [5.41, 5.74) is 1.25. The predicted octanol–water partition coefficient (Wildman–Crippen LogP) is 1.64. The van der Waals surface area contributed by atoms with Crippen LogP contribution in [0.25, 0.3) is 0 Å². The summed E-state index contributed by atoms with van der Waals surface area (Å²) in [7, 11) is 1.72. The molecule has 1 heterocycles. The summed E-state index contributed by atoms with van der Waals surface area (Å²) >= 11 is 0. The van der Waals surface area contributed by atoms with Crippen molar-refractivity contribution in [1.82, 2.24) is 0 Å². The molecule has 0 aliphatic carbocycles. The molecular formula is C10H12O2. The molecule has 64 valence electrons. The number of benzene rings is 1. The molecule has 1 aliphatic rings. The number of hydrogen-bond acceptors (Lipinski definition) is 2. The Bertz CT molecular complexity index is 270. The third-order valence-electron chi connectivity index (χ3n) is 2.18. The van der Waals surface area contributed by atoms with Crippen molar-refractivity contribution >= 4 is 0 Å². The zero-order chi connectivity index (χ0) is 8.39. The number of para-hydroxylation sites is 1. The third kappa shape index (κ3) is 1.30. The van der Waals surface area contributed by atoms with Crippen LogP contribution in [0.15, 0.2) is 24.3 Å². The minimum atomic E-state index is 0.222. The van der Waals surface area contributed by atoms with E-state index in [9.17, 15) is 0 Å². The average Bonchev–Trinajstić information content (AvgIpc) is 2.17. The highest BCUT2D eigenvalue weighted by Crippen LogP contribution is 2.24. The van der Waals surface area contributed by atoms with Gasteiger partial charge in [0.25, 0.3) is 0 Å². The van der Waals surface area contributed by atoms with E-state index >= 15 is 0 Å². The number of methoxy groups -OCH3 is 1. The lowest BCUT2D eigenvalue weighted by molar-refractivity contribution is 0.0467. The zero-order valence-corrected chi connectivity index (χ0v) is 7.12. The van der Waals surface area contributed by atoms with Gasteiger partial charge in [-0.15, -0.1) is 0 Å². The fourth-order valence-corrected chi connectivity index (χ4v) is 1.45. The number of rotatable bonds is 1. The van der Waals surface area contributed by atoms with E-state index in [4.69, 9.17) is 9.47 Å². The third-order valence-corrected chi connectivity index (χ3v) is 2.18. The first-order chi connectivity index (χ1) is 5.90. The fourth-order valence-electron chi connectivity index (χ4n) is 1.45. The molecule has 0 spiro atoms. The van der Waals surface area contributed by atoms with Crippen LogP contribution < -0.4 is 4.74 Å². The summed E-state index contributed by atoms with van der Waals surface area (Å²) in [6, 6.07) is 8.11. The zero-order valence-electron chi connectivity index (χ0n) is 7.12. The molecule has 1 aliphatic heterocycles. The normalized spacial score (nSPS) is 21.2. The predicted molar refractivity (Wildman–Crippen MR) is 46.4 cm³/mol. The molecule has 0 aromatic heterocycles. The van der Waals surface area contributed by atoms with Gasteiger partial charge in [-0.25, -0.2) is 0 Å². The minimum absolute atomic E-state index is 0.222. The quantitative estimate of drug-likeness (QED) is 0.628. The first kappa shape index (κ1) is 7.62. The molecule has 2 rings (SSSR count). The van der Waals surface area contributed by atoms with Crippen LogP contribution in [0.3, 0.4) is 0 Å². The van der Waals surface area contributed by atoms with Gasteiger partial charge < -0.3 is 9.47 Å². The molecular weight excluding hydrogens is 152 g/mol. The van der Waals surface area contributed by atoms with Crippen LogP contribution in [-0.2, 0) is 11.2 Å². The number of hydrogen-bond donors (Lipinski definition) is 0. The summed E-state index contributed by atoms with van der Waals surface area (Å²) in [6.45, 7) is 0.674. The molecule has 0 amide bonds. The lowest BCUT2D eigenvalue weighted by atomic mass is 10.1. The van der Waals surface area contributed by atoms with Crippen LogP contribution in [0.2, 0.25) is 0 Å². The average molecular weight is 164 g/mol. The Labute approximate surface area is 72.1 Å². The molecule has 1 unspecified atom stereocenters. The monoisotopic (exact) mass is 164 g/mol. The lowest BCUT2D eigenvalue weighted by Crippen LogP contribution is -2.27. The van der Waals surface area contributed by atoms with Crippen LogP contribution in [0.5, 0.6) is 5.75 Å². The van der Waals surface area contributed by atoms with Crippen LogP contribution >= 0.6 is 0 Å². The molecule has 2 heteroatoms. The van der Waals surface area contributed by atoms with Crippen molar-refractivity contribution in [3.63, 3.8) is 0 Å². The smallest absolute Gasteiger partial charge is 0.122 e. The molecule has 0 N–H and O–H groups in total. The van der Waals surface area contributed by atoms with Gasteiger partial charge in [0, 0.05) is 13.5 Å². The molecule has 1 aromatic carbocycles. The summed E-state index contributed by atoms with van der Waals surface area (Å²) in [5.74, 6) is 1.01. The van der Waals surface area contributed by atoms with Crippen LogP contribution in [0.4, 0.5) is 0 Å². The second kappa shape index (κ2) is 3.15. The van der Waals surface area contributed by atoms with E-state index in [0.717, 1.165) is 12.2 Å². The van der Waals surface area contributed by atoms with Crippen LogP contribution in [-0.4, -0.2) is 19.8 Å². The van der Waals surface area contributed by atoms with Gasteiger partial charge in [0.05, 0.1) is 6.10 Å². The second-order valence-electron chi connectivity index (χ2n) is 2.98. The summed E-state index contributed by atoms with van der Waals surface area (Å²) in [5, 5.41) is 0. The first-order valence-corrected chi connectivity index (χ1v) is 4.13. The molecule has 12 heavy (non-hydrogen) atoms. The lowest BCUT2D eigenvalue weighted by Gasteiger charge is -2.23. The van der Waals surface area contributed by atoms with Gasteiger partial charge in [0.2, 0.25) is 0 Å². The van der Waals surface area contributed by atoms with Crippen molar-refractivity contribution < 1.29 is 9.47 Å². The Morgan fingerprint density at radius 3 is 3.08 bits per heavy atom. The Hall–Kier alpha value is -1.02. The van der Waals surface area contributed by atoms with Crippen molar-refractivity contribution in [1.29, 1.82) is 0 Å². The van der Waals surface area contributed by atoms with Crippen molar-refractivity contribution in [3.05, 3.63) is 29.8 Å². The van der Waals surface area contributed by atoms with Crippen molar-refractivity contribution in [3.8, 4) is 5.75 Å². The fraction of sp³-hybridized carbons (Fsp3) is 0.400. The van der Waals surface area contributed by atoms with E-state index in [2.05, 4.69) is 6.07 Å². The Morgan fingerprint density at radius 1 is 1.42 bits per heavy atom. The standard InChI is InChI=1S/C10H12O2/c1-11-9-6-8-4-2-3-5-10(8)12-7-9/h2-5,9H,6-7H2,1H3. The molecule has 0 saturated heterocycles. The van der Waals surface area contributed by atoms with Crippen LogP contribution in [0, 0.1) is 0 Å². The van der Waals surface area contributed by atoms with Gasteiger partial charge in [0.1, 0.15) is 12.4 Å². The van der Waals surface area contributed by atoms with Gasteiger partial charge in [-0.05, 0) is 11.6 Å². The largest absolute Gasteiger partial charge is 0.491 e. The maximum Gasteiger partial charge on any atom is 0.122 e. The van der Waals surface area contributed by atoms with Gasteiger partial charge in [-0.3, -0.25) is 0 Å². The number of ether oxygens (including phenoxy) is 2. The van der Waals surface area contributed by atoms with E-state index in [-0.39, 0.29) is 6.10 Å². The molecule has 1 aromatic rings. The Kier molecular flexibility index (Phi) is 2.00. The van der Waals surface area contributed by atoms with E-state index in [0.29, 0.717) is 6.61 Å². The van der Waals surface area contributed by atoms with Crippen LogP contribution in [0.1, 0.15) is 5.56 Å². The molecule has 0 bridgehead atoms. The van der Waals surface area contributed by atoms with Gasteiger partial charge in [-0.1, -0.05) is 18.2 Å². The SMILES string of the molecule is COC1COc2ccccc2C1. The first-order valence-electron chi connectivity index (χ1n) is 4.13. The Morgan fingerprint density at radius 2 is 2.25 bits per heavy atom. The van der Waals surface area contributed by atoms with E-state index in [1.165, 1.54) is 5.56 Å². The maximum absolute atomic E-state index is 5.50. The topological polar surface area (TPSA) is 18.5 Å². The minimum Gasteiger partial charge on any atom is -0.491 e. The number of fused-ring (bicyclic) bond motifs is 1. The highest BCUT2D eigenvalue weighted by Gasteiger charge is 2.17. The van der Waals surface area contributed by atoms with Crippen molar-refractivity contribution in [2.24, 2.45) is 0 Å². The molecule has 0 radical (unpaired) electrons. The molecule has 0 fully saturated rings. The highest BCUT2D eigenvalue weighted by molar-refractivity contribution is 5.35. The summed E-state index contributed by atoms with van der Waals surface area (Å²) in [4.78, 5) is 0. The van der Waals surface area contributed by atoms with E-state index < -0.39 is 0 Å².